The van der Waals surface area contributed by atoms with Gasteiger partial charge in [-0.2, -0.15) is 0 Å². The molecular formula is C26H36FN3. The van der Waals surface area contributed by atoms with E-state index in [2.05, 4.69) is 68.7 Å². The predicted octanol–water partition coefficient (Wildman–Crippen LogP) is 7.08. The molecular weight excluding hydrogens is 373 g/mol. The lowest BCUT2D eigenvalue weighted by molar-refractivity contribution is 0.185. The summed E-state index contributed by atoms with van der Waals surface area (Å²) >= 11 is 0. The van der Waals surface area contributed by atoms with Crippen LogP contribution in [0.2, 0.25) is 0 Å². The Labute approximate surface area is 181 Å². The maximum atomic E-state index is 14.8. The average Bonchev–Trinajstić information content (AvgIpc) is 3.06. The van der Waals surface area contributed by atoms with Crippen molar-refractivity contribution in [3.63, 3.8) is 0 Å². The van der Waals surface area contributed by atoms with Gasteiger partial charge in [0, 0.05) is 34.8 Å². The maximum Gasteiger partial charge on any atom is 0.158 e. The molecule has 30 heavy (non-hydrogen) atoms. The molecule has 3 heterocycles. The third-order valence-corrected chi connectivity index (χ3v) is 7.62. The minimum atomic E-state index is -1.41. The number of alkyl halides is 1. The fourth-order valence-corrected chi connectivity index (χ4v) is 6.10. The van der Waals surface area contributed by atoms with Crippen LogP contribution >= 0.6 is 0 Å². The number of anilines is 3. The largest absolute Gasteiger partial charge is 0.345 e. The molecule has 2 aromatic rings. The number of hydrogen-bond donors (Lipinski definition) is 0. The third kappa shape index (κ3) is 2.79. The lowest BCUT2D eigenvalue weighted by Gasteiger charge is -2.54. The molecule has 2 unspecified atom stereocenters. The van der Waals surface area contributed by atoms with Gasteiger partial charge in [0.05, 0.1) is 5.69 Å². The number of rotatable bonds is 5. The molecule has 0 saturated carbocycles. The Morgan fingerprint density at radius 3 is 2.33 bits per heavy atom. The summed E-state index contributed by atoms with van der Waals surface area (Å²) in [6.07, 6.45) is 5.25. The van der Waals surface area contributed by atoms with Crippen LogP contribution in [0, 0.1) is 5.92 Å². The predicted molar refractivity (Wildman–Crippen MR) is 124 cm³/mol. The molecule has 0 spiro atoms. The van der Waals surface area contributed by atoms with E-state index in [1.165, 1.54) is 11.3 Å². The van der Waals surface area contributed by atoms with Gasteiger partial charge in [0.2, 0.25) is 0 Å². The van der Waals surface area contributed by atoms with E-state index in [0.717, 1.165) is 30.8 Å². The smallest absolute Gasteiger partial charge is 0.158 e. The zero-order valence-corrected chi connectivity index (χ0v) is 19.5. The molecule has 0 saturated heterocycles. The second-order valence-electron chi connectivity index (χ2n) is 9.72. The number of halogens is 1. The highest BCUT2D eigenvalue weighted by molar-refractivity contribution is 5.84. The number of nitrogens with zero attached hydrogens (tertiary/aromatic N) is 3. The number of benzene rings is 1. The monoisotopic (exact) mass is 409 g/mol. The number of fused-ring (bicyclic) bond motifs is 5. The van der Waals surface area contributed by atoms with E-state index in [-0.39, 0.29) is 11.6 Å². The Hall–Kier alpha value is -2.10. The van der Waals surface area contributed by atoms with E-state index in [1.54, 1.807) is 20.0 Å². The first-order valence-corrected chi connectivity index (χ1v) is 11.6. The lowest BCUT2D eigenvalue weighted by atomic mass is 9.61. The quantitative estimate of drug-likeness (QED) is 0.526. The van der Waals surface area contributed by atoms with Crippen LogP contribution in [0.15, 0.2) is 36.5 Å². The van der Waals surface area contributed by atoms with Crippen molar-refractivity contribution < 1.29 is 4.39 Å². The number of para-hydroxylation sites is 1. The van der Waals surface area contributed by atoms with Crippen molar-refractivity contribution in [2.75, 3.05) is 9.80 Å². The molecule has 4 heteroatoms. The molecule has 2 aliphatic rings. The molecule has 0 aliphatic carbocycles. The molecule has 2 aliphatic heterocycles. The maximum absolute atomic E-state index is 14.8. The molecule has 4 rings (SSSR count). The van der Waals surface area contributed by atoms with E-state index in [0.29, 0.717) is 17.5 Å². The normalized spacial score (nSPS) is 22.2. The van der Waals surface area contributed by atoms with Gasteiger partial charge in [-0.05, 0) is 64.7 Å². The number of pyridine rings is 1. The molecule has 0 amide bonds. The lowest BCUT2D eigenvalue weighted by Crippen LogP contribution is -2.58. The molecule has 1 aromatic heterocycles. The summed E-state index contributed by atoms with van der Waals surface area (Å²) in [4.78, 5) is 9.80. The fourth-order valence-electron chi connectivity index (χ4n) is 6.10. The van der Waals surface area contributed by atoms with Gasteiger partial charge in [-0.1, -0.05) is 39.0 Å². The van der Waals surface area contributed by atoms with Crippen LogP contribution in [-0.4, -0.2) is 17.2 Å². The third-order valence-electron chi connectivity index (χ3n) is 7.62. The number of aromatic nitrogens is 1. The first-order chi connectivity index (χ1) is 14.2. The Morgan fingerprint density at radius 2 is 1.77 bits per heavy atom. The molecule has 162 valence electrons. The molecule has 0 radical (unpaired) electrons. The van der Waals surface area contributed by atoms with Crippen molar-refractivity contribution in [3.05, 3.63) is 47.7 Å². The Balaban J connectivity index is 2.01. The SMILES string of the molecule is CCC1C2N(c3ccccc3C1(CC)CC)c1ncc(C(C)(C)F)cc1N2C(C)C. The van der Waals surface area contributed by atoms with Crippen LogP contribution in [0.1, 0.15) is 78.9 Å². The topological polar surface area (TPSA) is 19.4 Å². The van der Waals surface area contributed by atoms with Crippen molar-refractivity contribution in [3.8, 4) is 0 Å². The van der Waals surface area contributed by atoms with Crippen LogP contribution in [0.5, 0.6) is 0 Å². The molecule has 2 atom stereocenters. The van der Waals surface area contributed by atoms with Gasteiger partial charge in [0.1, 0.15) is 11.8 Å². The standard InChI is InChI=1S/C26H36FN3/c1-8-19-24-29(17(4)5)22-15-18(25(6,7)27)16-28-23(22)30(24)21-14-12-11-13-20(21)26(19,9-2)10-3/h11-17,19,24H,8-10H2,1-7H3. The van der Waals surface area contributed by atoms with Crippen molar-refractivity contribution in [2.45, 2.75) is 91.0 Å². The summed E-state index contributed by atoms with van der Waals surface area (Å²) in [5.41, 5.74) is 3.13. The van der Waals surface area contributed by atoms with E-state index < -0.39 is 5.67 Å². The molecule has 3 nitrogen and oxygen atoms in total. The van der Waals surface area contributed by atoms with Gasteiger partial charge in [-0.3, -0.25) is 0 Å². The van der Waals surface area contributed by atoms with Crippen LogP contribution in [0.4, 0.5) is 21.6 Å². The highest BCUT2D eigenvalue weighted by Crippen LogP contribution is 2.58. The van der Waals surface area contributed by atoms with Crippen LogP contribution in [0.25, 0.3) is 0 Å². The summed E-state index contributed by atoms with van der Waals surface area (Å²) in [5.74, 6) is 1.43. The van der Waals surface area contributed by atoms with Crippen LogP contribution < -0.4 is 9.80 Å². The number of hydrogen-bond acceptors (Lipinski definition) is 3. The van der Waals surface area contributed by atoms with Crippen molar-refractivity contribution in [1.29, 1.82) is 0 Å². The first kappa shape index (κ1) is 21.1. The second kappa shape index (κ2) is 7.25. The molecule has 0 bridgehead atoms. The van der Waals surface area contributed by atoms with E-state index in [1.807, 2.05) is 6.07 Å². The fraction of sp³-hybridized carbons (Fsp3) is 0.577. The van der Waals surface area contributed by atoms with Crippen molar-refractivity contribution >= 4 is 17.2 Å². The van der Waals surface area contributed by atoms with Gasteiger partial charge < -0.3 is 9.80 Å². The van der Waals surface area contributed by atoms with Gasteiger partial charge in [-0.25, -0.2) is 9.37 Å². The summed E-state index contributed by atoms with van der Waals surface area (Å²) in [6.45, 7) is 14.7. The second-order valence-corrected chi connectivity index (χ2v) is 9.72. The summed E-state index contributed by atoms with van der Waals surface area (Å²) in [7, 11) is 0. The van der Waals surface area contributed by atoms with Gasteiger partial charge in [0.15, 0.2) is 5.82 Å². The van der Waals surface area contributed by atoms with E-state index >= 15 is 0 Å². The highest BCUT2D eigenvalue weighted by Gasteiger charge is 2.55. The van der Waals surface area contributed by atoms with Crippen LogP contribution in [0.3, 0.4) is 0 Å². The molecule has 1 aromatic carbocycles. The van der Waals surface area contributed by atoms with Crippen LogP contribution in [-0.2, 0) is 11.1 Å². The average molecular weight is 410 g/mol. The zero-order chi connectivity index (χ0) is 21.8. The van der Waals surface area contributed by atoms with Crippen molar-refractivity contribution in [1.82, 2.24) is 4.98 Å². The highest BCUT2D eigenvalue weighted by atomic mass is 19.1. The Bertz CT molecular complexity index is 926. The van der Waals surface area contributed by atoms with Gasteiger partial charge in [-0.15, -0.1) is 0 Å². The van der Waals surface area contributed by atoms with Gasteiger partial charge in [0.25, 0.3) is 0 Å². The Morgan fingerprint density at radius 1 is 1.10 bits per heavy atom. The first-order valence-electron chi connectivity index (χ1n) is 11.6. The van der Waals surface area contributed by atoms with E-state index in [9.17, 15) is 4.39 Å². The van der Waals surface area contributed by atoms with E-state index in [4.69, 9.17) is 4.98 Å². The van der Waals surface area contributed by atoms with Crippen molar-refractivity contribution in [2.24, 2.45) is 5.92 Å². The summed E-state index contributed by atoms with van der Waals surface area (Å²) < 4.78 is 14.8. The summed E-state index contributed by atoms with van der Waals surface area (Å²) in [5, 5.41) is 0. The molecule has 0 N–H and O–H groups in total. The van der Waals surface area contributed by atoms with Gasteiger partial charge >= 0.3 is 0 Å². The Kier molecular flexibility index (Phi) is 5.11. The summed E-state index contributed by atoms with van der Waals surface area (Å²) in [6, 6.07) is 11.2. The zero-order valence-electron chi connectivity index (χ0n) is 19.5. The minimum absolute atomic E-state index is 0.129. The minimum Gasteiger partial charge on any atom is -0.345 e. The molecule has 0 fully saturated rings.